The Balaban J connectivity index is 2.09. The van der Waals surface area contributed by atoms with Gasteiger partial charge < -0.3 is 10.1 Å². The van der Waals surface area contributed by atoms with Gasteiger partial charge in [-0.05, 0) is 25.1 Å². The molecular weight excluding hydrogens is 204 g/mol. The first-order chi connectivity index (χ1) is 7.84. The van der Waals surface area contributed by atoms with Crippen molar-refractivity contribution in [1.82, 2.24) is 10.3 Å². The van der Waals surface area contributed by atoms with Crippen LogP contribution >= 0.6 is 0 Å². The number of hydrogen-bond acceptors (Lipinski definition) is 4. The van der Waals surface area contributed by atoms with Gasteiger partial charge in [0.2, 0.25) is 0 Å². The third-order valence-electron chi connectivity index (χ3n) is 3.69. The molecule has 0 bridgehead atoms. The van der Waals surface area contributed by atoms with Gasteiger partial charge >= 0.3 is 5.97 Å². The van der Waals surface area contributed by atoms with E-state index in [9.17, 15) is 4.79 Å². The summed E-state index contributed by atoms with van der Waals surface area (Å²) in [5.41, 5.74) is 0.371. The summed E-state index contributed by atoms with van der Waals surface area (Å²) in [5.74, 6) is 0.126. The van der Waals surface area contributed by atoms with Crippen molar-refractivity contribution in [2.45, 2.75) is 11.8 Å². The number of pyridine rings is 1. The number of fused-ring (bicyclic) bond motifs is 1. The van der Waals surface area contributed by atoms with Gasteiger partial charge in [0.15, 0.2) is 0 Å². The van der Waals surface area contributed by atoms with E-state index in [4.69, 9.17) is 4.74 Å². The lowest BCUT2D eigenvalue weighted by molar-refractivity contribution is -0.143. The molecule has 16 heavy (non-hydrogen) atoms. The Labute approximate surface area is 94.0 Å². The summed E-state index contributed by atoms with van der Waals surface area (Å²) in [6.45, 7) is 2.20. The Kier molecular flexibility index (Phi) is 2.17. The number of rotatable bonds is 1. The van der Waals surface area contributed by atoms with E-state index < -0.39 is 5.41 Å². The maximum atomic E-state index is 12.0. The number of nitrogens with one attached hydrogen (secondary N) is 1. The number of esters is 1. The number of carbonyl (C=O) groups is 1. The molecule has 0 spiro atoms. The van der Waals surface area contributed by atoms with E-state index in [0.29, 0.717) is 6.61 Å². The van der Waals surface area contributed by atoms with E-state index in [1.165, 1.54) is 0 Å². The zero-order valence-corrected chi connectivity index (χ0v) is 8.98. The van der Waals surface area contributed by atoms with E-state index in [1.54, 1.807) is 6.20 Å². The number of ether oxygens (including phenoxy) is 1. The van der Waals surface area contributed by atoms with Crippen LogP contribution in [0.5, 0.6) is 0 Å². The molecule has 1 N–H and O–H groups in total. The lowest BCUT2D eigenvalue weighted by Gasteiger charge is -2.34. The highest BCUT2D eigenvalue weighted by Crippen LogP contribution is 2.42. The van der Waals surface area contributed by atoms with E-state index in [0.717, 1.165) is 25.2 Å². The Morgan fingerprint density at radius 1 is 1.50 bits per heavy atom. The number of aromatic nitrogens is 1. The molecule has 2 saturated heterocycles. The van der Waals surface area contributed by atoms with E-state index in [1.807, 2.05) is 18.2 Å². The van der Waals surface area contributed by atoms with Crippen LogP contribution in [-0.2, 0) is 14.9 Å². The molecule has 0 aromatic carbocycles. The smallest absolute Gasteiger partial charge is 0.318 e. The average Bonchev–Trinajstić information content (AvgIpc) is 2.70. The zero-order valence-electron chi connectivity index (χ0n) is 8.98. The molecular formula is C12H14N2O2. The van der Waals surface area contributed by atoms with Crippen molar-refractivity contribution in [1.29, 1.82) is 0 Å². The predicted octanol–water partition coefficient (Wildman–Crippen LogP) is 0.486. The summed E-state index contributed by atoms with van der Waals surface area (Å²) in [6.07, 6.45) is 2.53. The first-order valence-electron chi connectivity index (χ1n) is 5.63. The summed E-state index contributed by atoms with van der Waals surface area (Å²) >= 11 is 0. The highest BCUT2D eigenvalue weighted by molar-refractivity contribution is 5.85. The van der Waals surface area contributed by atoms with Gasteiger partial charge in [-0.1, -0.05) is 6.07 Å². The van der Waals surface area contributed by atoms with E-state index >= 15 is 0 Å². The molecule has 1 aromatic rings. The molecule has 2 aliphatic heterocycles. The van der Waals surface area contributed by atoms with Gasteiger partial charge in [-0.15, -0.1) is 0 Å². The number of hydrogen-bond donors (Lipinski definition) is 1. The maximum absolute atomic E-state index is 12.0. The second-order valence-electron chi connectivity index (χ2n) is 4.44. The molecule has 0 saturated carbocycles. The van der Waals surface area contributed by atoms with Crippen molar-refractivity contribution in [2.24, 2.45) is 5.92 Å². The molecule has 2 atom stereocenters. The topological polar surface area (TPSA) is 51.2 Å². The van der Waals surface area contributed by atoms with Crippen molar-refractivity contribution in [3.63, 3.8) is 0 Å². The van der Waals surface area contributed by atoms with Gasteiger partial charge in [-0.2, -0.15) is 0 Å². The first-order valence-corrected chi connectivity index (χ1v) is 5.63. The fourth-order valence-corrected chi connectivity index (χ4v) is 2.78. The molecule has 0 unspecified atom stereocenters. The Morgan fingerprint density at radius 3 is 3.25 bits per heavy atom. The summed E-state index contributed by atoms with van der Waals surface area (Å²) in [5, 5.41) is 3.31. The van der Waals surface area contributed by atoms with Crippen LogP contribution in [0.3, 0.4) is 0 Å². The van der Waals surface area contributed by atoms with Gasteiger partial charge in [0, 0.05) is 18.7 Å². The number of nitrogens with zero attached hydrogens (tertiary/aromatic N) is 1. The molecule has 1 aromatic heterocycles. The fourth-order valence-electron chi connectivity index (χ4n) is 2.78. The maximum Gasteiger partial charge on any atom is 0.318 e. The summed E-state index contributed by atoms with van der Waals surface area (Å²) in [6, 6.07) is 5.74. The average molecular weight is 218 g/mol. The molecule has 4 nitrogen and oxygen atoms in total. The van der Waals surface area contributed by atoms with Crippen LogP contribution in [0.1, 0.15) is 12.1 Å². The molecule has 3 heterocycles. The Morgan fingerprint density at radius 2 is 2.44 bits per heavy atom. The van der Waals surface area contributed by atoms with Crippen LogP contribution < -0.4 is 5.32 Å². The SMILES string of the molecule is O=C1OC[C@@H]2CNCC[C@]12c1ccccn1. The molecule has 4 heteroatoms. The zero-order chi connectivity index (χ0) is 11.0. The second kappa shape index (κ2) is 3.56. The van der Waals surface area contributed by atoms with Crippen LogP contribution in [0, 0.1) is 5.92 Å². The largest absolute Gasteiger partial charge is 0.465 e. The fraction of sp³-hybridized carbons (Fsp3) is 0.500. The van der Waals surface area contributed by atoms with Crippen LogP contribution in [0.4, 0.5) is 0 Å². The van der Waals surface area contributed by atoms with Crippen molar-refractivity contribution in [3.8, 4) is 0 Å². The quantitative estimate of drug-likeness (QED) is 0.697. The van der Waals surface area contributed by atoms with Crippen LogP contribution in [0.15, 0.2) is 24.4 Å². The first kappa shape index (κ1) is 9.78. The van der Waals surface area contributed by atoms with E-state index in [2.05, 4.69) is 10.3 Å². The van der Waals surface area contributed by atoms with Gasteiger partial charge in [0.25, 0.3) is 0 Å². The number of cyclic esters (lactones) is 1. The minimum absolute atomic E-state index is 0.0994. The van der Waals surface area contributed by atoms with Crippen LogP contribution in [0.25, 0.3) is 0 Å². The molecule has 0 radical (unpaired) electrons. The van der Waals surface area contributed by atoms with Crippen LogP contribution in [0.2, 0.25) is 0 Å². The molecule has 0 aliphatic carbocycles. The second-order valence-corrected chi connectivity index (χ2v) is 4.44. The molecule has 2 aliphatic rings. The number of carbonyl (C=O) groups excluding carboxylic acids is 1. The summed E-state index contributed by atoms with van der Waals surface area (Å²) < 4.78 is 5.24. The minimum atomic E-state index is -0.494. The Hall–Kier alpha value is -1.42. The highest BCUT2D eigenvalue weighted by atomic mass is 16.5. The lowest BCUT2D eigenvalue weighted by Crippen LogP contribution is -2.49. The standard InChI is InChI=1S/C12H14N2O2/c15-11-12(10-3-1-2-5-14-10)4-6-13-7-9(12)8-16-11/h1-3,5,9,13H,4,6-8H2/t9-,12-/m0/s1. The molecule has 2 fully saturated rings. The van der Waals surface area contributed by atoms with Crippen molar-refractivity contribution >= 4 is 5.97 Å². The van der Waals surface area contributed by atoms with Crippen molar-refractivity contribution in [2.75, 3.05) is 19.7 Å². The van der Waals surface area contributed by atoms with Gasteiger partial charge in [0.05, 0.1) is 12.3 Å². The molecule has 0 amide bonds. The molecule has 3 rings (SSSR count). The van der Waals surface area contributed by atoms with E-state index in [-0.39, 0.29) is 11.9 Å². The predicted molar refractivity (Wildman–Crippen MR) is 57.9 cm³/mol. The highest BCUT2D eigenvalue weighted by Gasteiger charge is 2.55. The lowest BCUT2D eigenvalue weighted by atomic mass is 9.70. The minimum Gasteiger partial charge on any atom is -0.465 e. The summed E-state index contributed by atoms with van der Waals surface area (Å²) in [4.78, 5) is 16.4. The van der Waals surface area contributed by atoms with Gasteiger partial charge in [-0.3, -0.25) is 9.78 Å². The number of piperidine rings is 1. The van der Waals surface area contributed by atoms with Crippen molar-refractivity contribution in [3.05, 3.63) is 30.1 Å². The van der Waals surface area contributed by atoms with Crippen LogP contribution in [-0.4, -0.2) is 30.6 Å². The van der Waals surface area contributed by atoms with Gasteiger partial charge in [-0.25, -0.2) is 0 Å². The third kappa shape index (κ3) is 1.19. The third-order valence-corrected chi connectivity index (χ3v) is 3.69. The Bertz CT molecular complexity index is 407. The summed E-state index contributed by atoms with van der Waals surface area (Å²) in [7, 11) is 0. The molecule has 84 valence electrons. The van der Waals surface area contributed by atoms with Gasteiger partial charge in [0.1, 0.15) is 5.41 Å². The normalized spacial score (nSPS) is 33.2. The van der Waals surface area contributed by atoms with Crippen molar-refractivity contribution < 1.29 is 9.53 Å². The monoisotopic (exact) mass is 218 g/mol.